The number of ketones is 2. The number of benzene rings is 5. The number of nitrogens with zero attached hydrogens (tertiary/aromatic N) is 4. The maximum Gasteiger partial charge on any atom is 0.258 e. The first-order chi connectivity index (χ1) is 30.4. The second kappa shape index (κ2) is 22.8. The number of azo groups is 2. The van der Waals surface area contributed by atoms with Gasteiger partial charge in [0.1, 0.15) is 23.7 Å². The molecule has 0 aliphatic heterocycles. The lowest BCUT2D eigenvalue weighted by Crippen LogP contribution is -2.32. The minimum absolute atomic E-state index is 0.0108. The lowest BCUT2D eigenvalue weighted by molar-refractivity contribution is -0.127. The van der Waals surface area contributed by atoms with Crippen LogP contribution in [0.3, 0.4) is 0 Å². The number of nitrogens with one attached hydrogen (secondary N) is 4. The average Bonchev–Trinajstić information content (AvgIpc) is 3.21. The quantitative estimate of drug-likeness (QED) is 0.0402. The van der Waals surface area contributed by atoms with Crippen molar-refractivity contribution in [1.29, 1.82) is 0 Å². The Bertz CT molecular complexity index is 2680. The standard InChI is InChI=1S/C42H31Cl7N8O7/c1-20(58)37(56-54-34-11-22(3-6-31(34)48)39(60)51-29-15-24(44)13-25(45)16-29)41(62)50-28-5-8-33(36(19-28)64-10-9-43)53-42(63)38(21(2)59)57-55-35-12-23(4-7-32(35)49)40(61)52-30-17-26(46)14-27(47)18-30/h3-8,11-19,37-38H,9-10H2,1-2H3,(H,50,62)(H,51,60)(H,52,61)(H,53,63). The summed E-state index contributed by atoms with van der Waals surface area (Å²) in [7, 11) is 0. The van der Waals surface area contributed by atoms with Crippen LogP contribution >= 0.6 is 81.2 Å². The van der Waals surface area contributed by atoms with Crippen molar-refractivity contribution >= 4 is 151 Å². The number of Topliss-reactive ketones (excluding diaryl/α,β-unsaturated/α-hetero) is 2. The topological polar surface area (TPSA) is 209 Å². The van der Waals surface area contributed by atoms with Gasteiger partial charge in [-0.3, -0.25) is 28.8 Å². The summed E-state index contributed by atoms with van der Waals surface area (Å²) in [5, 5.41) is 27.6. The molecule has 0 saturated carbocycles. The van der Waals surface area contributed by atoms with Crippen LogP contribution < -0.4 is 26.0 Å². The van der Waals surface area contributed by atoms with Crippen molar-refractivity contribution < 1.29 is 33.5 Å². The van der Waals surface area contributed by atoms with E-state index in [2.05, 4.69) is 41.7 Å². The fourth-order valence-corrected chi connectivity index (χ4v) is 6.82. The second-order valence-electron chi connectivity index (χ2n) is 13.2. The van der Waals surface area contributed by atoms with Crippen LogP contribution in [-0.4, -0.2) is 59.8 Å². The van der Waals surface area contributed by atoms with Gasteiger partial charge in [0.15, 0.2) is 11.6 Å². The van der Waals surface area contributed by atoms with Crippen molar-refractivity contribution in [2.75, 3.05) is 33.8 Å². The van der Waals surface area contributed by atoms with E-state index in [0.717, 1.165) is 13.8 Å². The van der Waals surface area contributed by atoms with Gasteiger partial charge in [0.25, 0.3) is 23.6 Å². The summed E-state index contributed by atoms with van der Waals surface area (Å²) < 4.78 is 5.72. The van der Waals surface area contributed by atoms with Crippen molar-refractivity contribution in [1.82, 2.24) is 0 Å². The van der Waals surface area contributed by atoms with Gasteiger partial charge in [0.2, 0.25) is 12.1 Å². The van der Waals surface area contributed by atoms with E-state index >= 15 is 0 Å². The average molecular weight is 1010 g/mol. The molecular weight excluding hydrogens is 977 g/mol. The normalized spacial score (nSPS) is 12.1. The summed E-state index contributed by atoms with van der Waals surface area (Å²) in [6.45, 7) is 2.21. The first-order valence-corrected chi connectivity index (χ1v) is 21.1. The number of amides is 4. The highest BCUT2D eigenvalue weighted by Gasteiger charge is 2.27. The molecule has 5 rings (SSSR count). The number of carbonyl (C=O) groups excluding carboxylic acids is 6. The van der Waals surface area contributed by atoms with Crippen molar-refractivity contribution in [2.24, 2.45) is 20.5 Å². The Labute approximate surface area is 399 Å². The maximum atomic E-state index is 13.5. The third-order valence-electron chi connectivity index (χ3n) is 8.33. The van der Waals surface area contributed by atoms with Crippen LogP contribution in [0.25, 0.3) is 0 Å². The monoisotopic (exact) mass is 1000 g/mol. The SMILES string of the molecule is CC(=O)C(N=Nc1cc(C(=O)Nc2cc(Cl)cc(Cl)c2)ccc1Cl)C(=O)Nc1ccc(NC(=O)C(N=Nc2cc(C(=O)Nc3cc(Cl)cc(Cl)c3)ccc2Cl)C(C)=O)c(OCCCl)c1. The summed E-state index contributed by atoms with van der Waals surface area (Å²) in [5.41, 5.74) is 1.01. The molecule has 0 fully saturated rings. The number of ether oxygens (including phenoxy) is 1. The molecule has 0 heterocycles. The number of hydrogen-bond acceptors (Lipinski definition) is 11. The Morgan fingerprint density at radius 3 is 1.39 bits per heavy atom. The molecule has 0 aliphatic carbocycles. The predicted molar refractivity (Wildman–Crippen MR) is 250 cm³/mol. The Morgan fingerprint density at radius 1 is 0.531 bits per heavy atom. The number of alkyl halides is 1. The van der Waals surface area contributed by atoms with Gasteiger partial charge < -0.3 is 26.0 Å². The molecule has 0 aliphatic rings. The molecule has 15 nitrogen and oxygen atoms in total. The van der Waals surface area contributed by atoms with E-state index < -0.39 is 47.3 Å². The molecular formula is C42H31Cl7N8O7. The summed E-state index contributed by atoms with van der Waals surface area (Å²) in [6, 6.07) is 18.0. The minimum Gasteiger partial charge on any atom is -0.490 e. The van der Waals surface area contributed by atoms with Gasteiger partial charge in [-0.05, 0) is 98.8 Å². The lowest BCUT2D eigenvalue weighted by Gasteiger charge is -2.16. The van der Waals surface area contributed by atoms with Crippen molar-refractivity contribution in [3.05, 3.63) is 132 Å². The number of halogens is 7. The number of carbonyl (C=O) groups is 6. The van der Waals surface area contributed by atoms with E-state index in [1.807, 2.05) is 0 Å². The largest absolute Gasteiger partial charge is 0.490 e. The molecule has 5 aromatic rings. The number of rotatable bonds is 17. The third kappa shape index (κ3) is 13.9. The van der Waals surface area contributed by atoms with E-state index in [4.69, 9.17) is 85.9 Å². The highest BCUT2D eigenvalue weighted by molar-refractivity contribution is 6.36. The molecule has 0 aromatic heterocycles. The van der Waals surface area contributed by atoms with Gasteiger partial charge in [0, 0.05) is 54.3 Å². The summed E-state index contributed by atoms with van der Waals surface area (Å²) in [6.07, 6.45) is 0. The van der Waals surface area contributed by atoms with E-state index in [-0.39, 0.29) is 62.2 Å². The molecule has 64 heavy (non-hydrogen) atoms. The predicted octanol–water partition coefficient (Wildman–Crippen LogP) is 12.1. The molecule has 0 bridgehead atoms. The molecule has 2 atom stereocenters. The van der Waals surface area contributed by atoms with Gasteiger partial charge in [-0.2, -0.15) is 20.5 Å². The second-order valence-corrected chi connectivity index (χ2v) is 16.2. The zero-order valence-electron chi connectivity index (χ0n) is 33.0. The molecule has 5 aromatic carbocycles. The third-order valence-corrected chi connectivity index (χ3v) is 9.99. The maximum absolute atomic E-state index is 13.5. The van der Waals surface area contributed by atoms with Gasteiger partial charge >= 0.3 is 0 Å². The van der Waals surface area contributed by atoms with Crippen LogP contribution in [0.2, 0.25) is 30.1 Å². The van der Waals surface area contributed by atoms with Gasteiger partial charge in [0.05, 0.1) is 21.6 Å². The molecule has 0 radical (unpaired) electrons. The highest BCUT2D eigenvalue weighted by Crippen LogP contribution is 2.32. The Morgan fingerprint density at radius 2 is 0.969 bits per heavy atom. The fourth-order valence-electron chi connectivity index (χ4n) is 5.38. The lowest BCUT2D eigenvalue weighted by atomic mass is 10.1. The molecule has 0 spiro atoms. The van der Waals surface area contributed by atoms with Gasteiger partial charge in [-0.25, -0.2) is 0 Å². The van der Waals surface area contributed by atoms with Crippen molar-refractivity contribution in [3.63, 3.8) is 0 Å². The fraction of sp³-hybridized carbons (Fsp3) is 0.143. The van der Waals surface area contributed by atoms with Gasteiger partial charge in [-0.1, -0.05) is 69.6 Å². The van der Waals surface area contributed by atoms with Gasteiger partial charge in [-0.15, -0.1) is 11.6 Å². The number of hydrogen-bond donors (Lipinski definition) is 4. The molecule has 0 saturated heterocycles. The number of anilines is 4. The van der Waals surface area contributed by atoms with Crippen molar-refractivity contribution in [3.8, 4) is 5.75 Å². The molecule has 4 N–H and O–H groups in total. The van der Waals surface area contributed by atoms with Crippen LogP contribution in [0.4, 0.5) is 34.1 Å². The Balaban J connectivity index is 1.29. The van der Waals surface area contributed by atoms with E-state index in [0.29, 0.717) is 31.5 Å². The highest BCUT2D eigenvalue weighted by atomic mass is 35.5. The zero-order chi connectivity index (χ0) is 46.7. The van der Waals surface area contributed by atoms with Crippen LogP contribution in [0.1, 0.15) is 34.6 Å². The summed E-state index contributed by atoms with van der Waals surface area (Å²) >= 11 is 42.6. The first-order valence-electron chi connectivity index (χ1n) is 18.3. The summed E-state index contributed by atoms with van der Waals surface area (Å²) in [4.78, 5) is 78.1. The molecule has 2 unspecified atom stereocenters. The zero-order valence-corrected chi connectivity index (χ0v) is 38.3. The molecule has 22 heteroatoms. The van der Waals surface area contributed by atoms with Crippen LogP contribution in [0, 0.1) is 0 Å². The van der Waals surface area contributed by atoms with Crippen LogP contribution in [0.5, 0.6) is 5.75 Å². The van der Waals surface area contributed by atoms with E-state index in [1.165, 1.54) is 91.0 Å². The molecule has 4 amide bonds. The Kier molecular flexibility index (Phi) is 17.6. The first kappa shape index (κ1) is 49.4. The van der Waals surface area contributed by atoms with Crippen LogP contribution in [0.15, 0.2) is 111 Å². The van der Waals surface area contributed by atoms with E-state index in [9.17, 15) is 28.8 Å². The molecule has 330 valence electrons. The smallest absolute Gasteiger partial charge is 0.258 e. The van der Waals surface area contributed by atoms with Crippen LogP contribution in [-0.2, 0) is 19.2 Å². The van der Waals surface area contributed by atoms with Crippen molar-refractivity contribution in [2.45, 2.75) is 25.9 Å². The Hall–Kier alpha value is -5.65. The minimum atomic E-state index is -1.69. The van der Waals surface area contributed by atoms with E-state index in [1.54, 1.807) is 0 Å². The summed E-state index contributed by atoms with van der Waals surface area (Å²) in [5.74, 6) is -4.27.